The molecule has 1 aliphatic heterocycles. The summed E-state index contributed by atoms with van der Waals surface area (Å²) in [4.78, 5) is 11.4. The number of hydrogen-bond donors (Lipinski definition) is 1. The first kappa shape index (κ1) is 12.7. The molecule has 1 aliphatic rings. The van der Waals surface area contributed by atoms with Gasteiger partial charge in [0.1, 0.15) is 0 Å². The number of rotatable bonds is 1. The van der Waals surface area contributed by atoms with Crippen LogP contribution in [0, 0.1) is 5.92 Å². The van der Waals surface area contributed by atoms with Gasteiger partial charge in [0.15, 0.2) is 0 Å². The van der Waals surface area contributed by atoms with Crippen LogP contribution in [0.15, 0.2) is 30.3 Å². The van der Waals surface area contributed by atoms with E-state index in [1.54, 1.807) is 12.1 Å². The highest BCUT2D eigenvalue weighted by molar-refractivity contribution is 5.89. The molecule has 0 saturated heterocycles. The third kappa shape index (κ3) is 2.72. The van der Waals surface area contributed by atoms with Gasteiger partial charge in [-0.25, -0.2) is 0 Å². The molecular weight excluding hydrogens is 243 g/mol. The summed E-state index contributed by atoms with van der Waals surface area (Å²) in [5.74, 6) is -0.138. The highest BCUT2D eigenvalue weighted by Crippen LogP contribution is 2.31. The molecule has 96 valence electrons. The van der Waals surface area contributed by atoms with Crippen LogP contribution in [0.3, 0.4) is 0 Å². The van der Waals surface area contributed by atoms with Crippen molar-refractivity contribution in [3.8, 4) is 0 Å². The Kier molecular flexibility index (Phi) is 3.15. The minimum atomic E-state index is -4.37. The largest absolute Gasteiger partial charge is 0.416 e. The fraction of sp³-hybridized carbons (Fsp3) is 0.308. The zero-order valence-corrected chi connectivity index (χ0v) is 9.71. The predicted molar refractivity (Wildman–Crippen MR) is 61.3 cm³/mol. The fourth-order valence-corrected chi connectivity index (χ4v) is 1.91. The van der Waals surface area contributed by atoms with Crippen LogP contribution in [0.2, 0.25) is 0 Å². The van der Waals surface area contributed by atoms with E-state index in [0.717, 1.165) is 12.1 Å². The lowest BCUT2D eigenvalue weighted by Gasteiger charge is -2.19. The maximum atomic E-state index is 12.6. The van der Waals surface area contributed by atoms with E-state index in [1.807, 2.05) is 6.92 Å². The molecule has 18 heavy (non-hydrogen) atoms. The molecule has 5 heteroatoms. The maximum absolute atomic E-state index is 12.6. The summed E-state index contributed by atoms with van der Waals surface area (Å²) in [5, 5.41) is 2.60. The zero-order chi connectivity index (χ0) is 13.3. The number of hydrogen-bond acceptors (Lipinski definition) is 1. The molecule has 0 aliphatic carbocycles. The molecule has 1 heterocycles. The minimum Gasteiger partial charge on any atom is -0.326 e. The van der Waals surface area contributed by atoms with Gasteiger partial charge >= 0.3 is 6.18 Å². The van der Waals surface area contributed by atoms with Gasteiger partial charge in [-0.15, -0.1) is 0 Å². The number of carbonyl (C=O) groups excluding carboxylic acids is 1. The third-order valence-electron chi connectivity index (χ3n) is 2.73. The second kappa shape index (κ2) is 4.48. The van der Waals surface area contributed by atoms with Crippen LogP contribution >= 0.6 is 0 Å². The molecule has 0 saturated carbocycles. The highest BCUT2D eigenvalue weighted by Gasteiger charge is 2.30. The second-order valence-electron chi connectivity index (χ2n) is 4.39. The van der Waals surface area contributed by atoms with Crippen LogP contribution in [-0.4, -0.2) is 5.91 Å². The first-order chi connectivity index (χ1) is 8.36. The lowest BCUT2D eigenvalue weighted by molar-refractivity contribution is -0.137. The van der Waals surface area contributed by atoms with Gasteiger partial charge in [-0.1, -0.05) is 25.1 Å². The number of amides is 1. The van der Waals surface area contributed by atoms with Crippen LogP contribution in [0.5, 0.6) is 0 Å². The van der Waals surface area contributed by atoms with Crippen molar-refractivity contribution in [1.82, 2.24) is 5.32 Å². The van der Waals surface area contributed by atoms with Gasteiger partial charge in [-0.2, -0.15) is 13.2 Å². The maximum Gasteiger partial charge on any atom is 0.416 e. The van der Waals surface area contributed by atoms with Gasteiger partial charge in [-0.05, 0) is 23.6 Å². The predicted octanol–water partition coefficient (Wildman–Crippen LogP) is 3.20. The van der Waals surface area contributed by atoms with E-state index in [2.05, 4.69) is 5.32 Å². The standard InChI is InChI=1S/C13H12F3NO/c1-8-5-11(17-12(18)6-8)9-3-2-4-10(7-9)13(14,15)16/h2-5,7-8H,6H2,1H3,(H,17,18). The summed E-state index contributed by atoms with van der Waals surface area (Å²) in [5.41, 5.74) is 0.114. The third-order valence-corrected chi connectivity index (χ3v) is 2.73. The Morgan fingerprint density at radius 1 is 1.33 bits per heavy atom. The number of nitrogens with one attached hydrogen (secondary N) is 1. The Morgan fingerprint density at radius 3 is 2.67 bits per heavy atom. The van der Waals surface area contributed by atoms with E-state index in [4.69, 9.17) is 0 Å². The lowest BCUT2D eigenvalue weighted by atomic mass is 9.98. The molecular formula is C13H12F3NO. The first-order valence-electron chi connectivity index (χ1n) is 5.55. The summed E-state index contributed by atoms with van der Waals surface area (Å²) in [6.45, 7) is 1.85. The van der Waals surface area contributed by atoms with E-state index in [0.29, 0.717) is 17.7 Å². The van der Waals surface area contributed by atoms with Crippen LogP contribution < -0.4 is 5.32 Å². The van der Waals surface area contributed by atoms with Crippen LogP contribution in [0.1, 0.15) is 24.5 Å². The fourth-order valence-electron chi connectivity index (χ4n) is 1.91. The Balaban J connectivity index is 2.37. The van der Waals surface area contributed by atoms with Gasteiger partial charge in [0.25, 0.3) is 0 Å². The van der Waals surface area contributed by atoms with E-state index >= 15 is 0 Å². The van der Waals surface area contributed by atoms with Crippen molar-refractivity contribution in [2.45, 2.75) is 19.5 Å². The summed E-state index contributed by atoms with van der Waals surface area (Å²) < 4.78 is 37.7. The van der Waals surface area contributed by atoms with Gasteiger partial charge in [0, 0.05) is 12.1 Å². The molecule has 1 atom stereocenters. The van der Waals surface area contributed by atoms with Crippen molar-refractivity contribution < 1.29 is 18.0 Å². The number of benzene rings is 1. The summed E-state index contributed by atoms with van der Waals surface area (Å²) in [6.07, 6.45) is -2.24. The van der Waals surface area contributed by atoms with Crippen LogP contribution in [0.4, 0.5) is 13.2 Å². The number of halogens is 3. The van der Waals surface area contributed by atoms with Crippen LogP contribution in [0.25, 0.3) is 5.70 Å². The molecule has 2 rings (SSSR count). The highest BCUT2D eigenvalue weighted by atomic mass is 19.4. The number of alkyl halides is 3. The van der Waals surface area contributed by atoms with Crippen molar-refractivity contribution >= 4 is 11.6 Å². The Labute approximate surface area is 102 Å². The Morgan fingerprint density at radius 2 is 2.06 bits per heavy atom. The molecule has 0 fully saturated rings. The van der Waals surface area contributed by atoms with Crippen molar-refractivity contribution in [3.05, 3.63) is 41.5 Å². The smallest absolute Gasteiger partial charge is 0.326 e. The Bertz CT molecular complexity index is 505. The quantitative estimate of drug-likeness (QED) is 0.820. The molecule has 0 aromatic heterocycles. The average molecular weight is 255 g/mol. The summed E-state index contributed by atoms with van der Waals surface area (Å²) >= 11 is 0. The molecule has 1 aromatic rings. The summed E-state index contributed by atoms with van der Waals surface area (Å²) in [6, 6.07) is 4.95. The van der Waals surface area contributed by atoms with Crippen LogP contribution in [-0.2, 0) is 11.0 Å². The normalized spacial score (nSPS) is 20.3. The van der Waals surface area contributed by atoms with E-state index < -0.39 is 11.7 Å². The zero-order valence-electron chi connectivity index (χ0n) is 9.71. The van der Waals surface area contributed by atoms with E-state index in [9.17, 15) is 18.0 Å². The first-order valence-corrected chi connectivity index (χ1v) is 5.55. The minimum absolute atomic E-state index is 0.0308. The molecule has 0 spiro atoms. The molecule has 1 unspecified atom stereocenters. The van der Waals surface area contributed by atoms with Crippen molar-refractivity contribution in [2.75, 3.05) is 0 Å². The van der Waals surface area contributed by atoms with Gasteiger partial charge < -0.3 is 5.32 Å². The Hall–Kier alpha value is -1.78. The van der Waals surface area contributed by atoms with E-state index in [1.165, 1.54) is 6.07 Å². The molecule has 2 nitrogen and oxygen atoms in total. The molecule has 0 bridgehead atoms. The van der Waals surface area contributed by atoms with E-state index in [-0.39, 0.29) is 11.8 Å². The van der Waals surface area contributed by atoms with Gasteiger partial charge in [0.05, 0.1) is 5.56 Å². The van der Waals surface area contributed by atoms with Gasteiger partial charge in [0.2, 0.25) is 5.91 Å². The average Bonchev–Trinajstić information content (AvgIpc) is 2.27. The molecule has 1 N–H and O–H groups in total. The number of allylic oxidation sites excluding steroid dienone is 1. The lowest BCUT2D eigenvalue weighted by Crippen LogP contribution is -2.28. The topological polar surface area (TPSA) is 29.1 Å². The van der Waals surface area contributed by atoms with Crippen molar-refractivity contribution in [3.63, 3.8) is 0 Å². The van der Waals surface area contributed by atoms with Gasteiger partial charge in [-0.3, -0.25) is 4.79 Å². The van der Waals surface area contributed by atoms with Crippen molar-refractivity contribution in [1.29, 1.82) is 0 Å². The van der Waals surface area contributed by atoms with Crippen molar-refractivity contribution in [2.24, 2.45) is 5.92 Å². The number of carbonyl (C=O) groups is 1. The summed E-state index contributed by atoms with van der Waals surface area (Å²) in [7, 11) is 0. The molecule has 1 amide bonds. The molecule has 0 radical (unpaired) electrons. The molecule has 1 aromatic carbocycles. The second-order valence-corrected chi connectivity index (χ2v) is 4.39. The monoisotopic (exact) mass is 255 g/mol. The SMILES string of the molecule is CC1C=C(c2cccc(C(F)(F)F)c2)NC(=O)C1.